The summed E-state index contributed by atoms with van der Waals surface area (Å²) in [6.07, 6.45) is 2.64. The number of aromatic nitrogens is 2. The van der Waals surface area contributed by atoms with Gasteiger partial charge in [0.25, 0.3) is 0 Å². The molecule has 0 unspecified atom stereocenters. The summed E-state index contributed by atoms with van der Waals surface area (Å²) in [6, 6.07) is 7.16. The first-order chi connectivity index (χ1) is 10.4. The molecule has 1 aliphatic carbocycles. The molecule has 1 aromatic carbocycles. The number of rotatable bonds is 5. The van der Waals surface area contributed by atoms with Gasteiger partial charge in [0.2, 0.25) is 5.89 Å². The number of sulfone groups is 1. The van der Waals surface area contributed by atoms with Crippen molar-refractivity contribution in [2.24, 2.45) is 5.73 Å². The van der Waals surface area contributed by atoms with Gasteiger partial charge >= 0.3 is 0 Å². The van der Waals surface area contributed by atoms with Gasteiger partial charge in [-0.15, -0.1) is 12.4 Å². The highest BCUT2D eigenvalue weighted by Crippen LogP contribution is 2.36. The van der Waals surface area contributed by atoms with Crippen molar-refractivity contribution in [3.8, 4) is 0 Å². The van der Waals surface area contributed by atoms with Crippen LogP contribution < -0.4 is 5.73 Å². The molecular weight excluding hydrogens is 406 g/mol. The normalized spacial score (nSPS) is 16.4. The highest BCUT2D eigenvalue weighted by atomic mass is 79.9. The van der Waals surface area contributed by atoms with Crippen molar-refractivity contribution in [2.45, 2.75) is 36.3 Å². The van der Waals surface area contributed by atoms with Crippen LogP contribution in [0.5, 0.6) is 0 Å². The number of nitrogens with two attached hydrogens (primary N) is 1. The topological polar surface area (TPSA) is 99.1 Å². The van der Waals surface area contributed by atoms with Crippen LogP contribution in [0, 0.1) is 0 Å². The van der Waals surface area contributed by atoms with Crippen molar-refractivity contribution in [3.63, 3.8) is 0 Å². The Hall–Kier alpha value is -0.960. The number of benzene rings is 1. The maximum Gasteiger partial charge on any atom is 0.241 e. The third-order valence-electron chi connectivity index (χ3n) is 3.80. The fraction of sp³-hybridized carbons (Fsp3) is 0.429. The summed E-state index contributed by atoms with van der Waals surface area (Å²) in [6.45, 7) is 0. The van der Waals surface area contributed by atoms with Gasteiger partial charge in [-0.25, -0.2) is 8.42 Å². The van der Waals surface area contributed by atoms with E-state index in [0.29, 0.717) is 5.82 Å². The molecule has 0 atom stereocenters. The maximum atomic E-state index is 12.2. The van der Waals surface area contributed by atoms with E-state index in [9.17, 15) is 8.42 Å². The van der Waals surface area contributed by atoms with Crippen molar-refractivity contribution in [2.75, 3.05) is 0 Å². The highest BCUT2D eigenvalue weighted by molar-refractivity contribution is 9.10. The first-order valence-corrected chi connectivity index (χ1v) is 9.55. The molecule has 1 fully saturated rings. The molecule has 0 aliphatic heterocycles. The van der Waals surface area contributed by atoms with Gasteiger partial charge in [-0.2, -0.15) is 4.98 Å². The summed E-state index contributed by atoms with van der Waals surface area (Å²) in [7, 11) is -3.37. The van der Waals surface area contributed by atoms with Crippen LogP contribution in [-0.4, -0.2) is 18.6 Å². The van der Waals surface area contributed by atoms with Gasteiger partial charge in [-0.3, -0.25) is 0 Å². The predicted octanol–water partition coefficient (Wildman–Crippen LogP) is 2.71. The zero-order chi connectivity index (χ0) is 15.8. The lowest BCUT2D eigenvalue weighted by atomic mass is 9.77. The molecule has 6 nitrogen and oxygen atoms in total. The molecule has 126 valence electrons. The predicted molar refractivity (Wildman–Crippen MR) is 91.7 cm³/mol. The Morgan fingerprint density at radius 1 is 1.22 bits per heavy atom. The lowest BCUT2D eigenvalue weighted by Crippen LogP contribution is -2.44. The summed E-state index contributed by atoms with van der Waals surface area (Å²) in [4.78, 5) is 4.16. The number of hydrogen-bond donors (Lipinski definition) is 1. The minimum absolute atomic E-state index is 0. The van der Waals surface area contributed by atoms with Gasteiger partial charge < -0.3 is 10.3 Å². The van der Waals surface area contributed by atoms with Gasteiger partial charge in [0.05, 0.1) is 11.3 Å². The van der Waals surface area contributed by atoms with Crippen molar-refractivity contribution in [1.82, 2.24) is 10.1 Å². The Kier molecular flexibility index (Phi) is 5.50. The van der Waals surface area contributed by atoms with E-state index in [1.165, 1.54) is 0 Å². The smallest absolute Gasteiger partial charge is 0.241 e. The van der Waals surface area contributed by atoms with Gasteiger partial charge in [0.15, 0.2) is 15.7 Å². The average molecular weight is 423 g/mol. The quantitative estimate of drug-likeness (QED) is 0.795. The van der Waals surface area contributed by atoms with Crippen LogP contribution in [0.25, 0.3) is 0 Å². The van der Waals surface area contributed by atoms with Crippen molar-refractivity contribution < 1.29 is 12.9 Å². The zero-order valence-electron chi connectivity index (χ0n) is 12.2. The van der Waals surface area contributed by atoms with E-state index >= 15 is 0 Å². The second-order valence-corrected chi connectivity index (χ2v) is 8.66. The molecule has 1 aliphatic rings. The van der Waals surface area contributed by atoms with E-state index in [4.69, 9.17) is 10.3 Å². The minimum Gasteiger partial charge on any atom is -0.338 e. The van der Waals surface area contributed by atoms with Crippen LogP contribution in [0.15, 0.2) is 33.3 Å². The molecule has 1 saturated carbocycles. The Morgan fingerprint density at radius 3 is 2.43 bits per heavy atom. The van der Waals surface area contributed by atoms with E-state index in [-0.39, 0.29) is 29.8 Å². The molecule has 0 radical (unpaired) electrons. The Morgan fingerprint density at radius 2 is 1.87 bits per heavy atom. The summed E-state index contributed by atoms with van der Waals surface area (Å²) in [5, 5.41) is 3.83. The SMILES string of the molecule is Cl.NC1(c2noc(CS(=O)(=O)Cc3ccc(Br)cc3)n2)CCC1. The van der Waals surface area contributed by atoms with Gasteiger partial charge in [0.1, 0.15) is 5.75 Å². The Balaban J connectivity index is 0.00000192. The standard InChI is InChI=1S/C14H16BrN3O3S.ClH/c15-11-4-2-10(3-5-11)8-22(19,20)9-12-17-13(18-21-12)14(16)6-1-7-14;/h2-5H,1,6-9,16H2;1H. The van der Waals surface area contributed by atoms with Crippen molar-refractivity contribution >= 4 is 38.2 Å². The summed E-state index contributed by atoms with van der Waals surface area (Å²) in [5.41, 5.74) is 6.28. The second kappa shape index (κ2) is 6.88. The molecule has 2 N–H and O–H groups in total. The minimum atomic E-state index is -3.37. The fourth-order valence-electron chi connectivity index (χ4n) is 2.37. The molecule has 0 amide bonds. The number of nitrogens with zero attached hydrogens (tertiary/aromatic N) is 2. The summed E-state index contributed by atoms with van der Waals surface area (Å²) < 4.78 is 30.4. The largest absolute Gasteiger partial charge is 0.338 e. The first kappa shape index (κ1) is 18.4. The van der Waals surface area contributed by atoms with E-state index < -0.39 is 15.4 Å². The molecule has 2 aromatic rings. The van der Waals surface area contributed by atoms with Crippen LogP contribution in [-0.2, 0) is 26.9 Å². The van der Waals surface area contributed by atoms with Gasteiger partial charge in [0, 0.05) is 4.47 Å². The fourth-order valence-corrected chi connectivity index (χ4v) is 3.93. The van der Waals surface area contributed by atoms with Crippen LogP contribution >= 0.6 is 28.3 Å². The number of hydrogen-bond acceptors (Lipinski definition) is 6. The molecule has 1 heterocycles. The zero-order valence-corrected chi connectivity index (χ0v) is 15.5. The summed E-state index contributed by atoms with van der Waals surface area (Å²) >= 11 is 3.32. The highest BCUT2D eigenvalue weighted by Gasteiger charge is 2.39. The summed E-state index contributed by atoms with van der Waals surface area (Å²) in [5.74, 6) is 0.175. The van der Waals surface area contributed by atoms with Crippen LogP contribution in [0.2, 0.25) is 0 Å². The first-order valence-electron chi connectivity index (χ1n) is 6.93. The van der Waals surface area contributed by atoms with E-state index in [2.05, 4.69) is 26.1 Å². The average Bonchev–Trinajstić information content (AvgIpc) is 2.86. The molecular formula is C14H17BrClN3O3S. The maximum absolute atomic E-state index is 12.2. The van der Waals surface area contributed by atoms with Crippen LogP contribution in [0.3, 0.4) is 0 Å². The second-order valence-electron chi connectivity index (χ2n) is 5.68. The lowest BCUT2D eigenvalue weighted by Gasteiger charge is -2.34. The van der Waals surface area contributed by atoms with Gasteiger partial charge in [-0.05, 0) is 37.0 Å². The molecule has 0 spiro atoms. The Bertz CT molecular complexity index is 773. The molecule has 0 bridgehead atoms. The van der Waals surface area contributed by atoms with E-state index in [1.807, 2.05) is 12.1 Å². The van der Waals surface area contributed by atoms with Crippen LogP contribution in [0.1, 0.15) is 36.5 Å². The molecule has 9 heteroatoms. The molecule has 3 rings (SSSR count). The van der Waals surface area contributed by atoms with Crippen molar-refractivity contribution in [1.29, 1.82) is 0 Å². The molecule has 23 heavy (non-hydrogen) atoms. The molecule has 1 aromatic heterocycles. The van der Waals surface area contributed by atoms with Crippen LogP contribution in [0.4, 0.5) is 0 Å². The third kappa shape index (κ3) is 4.32. The lowest BCUT2D eigenvalue weighted by molar-refractivity contribution is 0.229. The Labute approximate surface area is 149 Å². The molecule has 0 saturated heterocycles. The number of halogens is 2. The van der Waals surface area contributed by atoms with E-state index in [1.54, 1.807) is 12.1 Å². The van der Waals surface area contributed by atoms with Crippen molar-refractivity contribution in [3.05, 3.63) is 46.0 Å². The monoisotopic (exact) mass is 421 g/mol. The van der Waals surface area contributed by atoms with Gasteiger partial charge in [-0.1, -0.05) is 33.2 Å². The van der Waals surface area contributed by atoms with E-state index in [0.717, 1.165) is 29.3 Å². The third-order valence-corrected chi connectivity index (χ3v) is 5.79.